The molecule has 1 aliphatic heterocycles. The van der Waals surface area contributed by atoms with Gasteiger partial charge < -0.3 is 15.5 Å². The van der Waals surface area contributed by atoms with E-state index >= 15 is 0 Å². The van der Waals surface area contributed by atoms with Gasteiger partial charge >= 0.3 is 0 Å². The molecule has 33 heavy (non-hydrogen) atoms. The number of carbonyl (C=O) groups excluding carboxylic acids is 2. The van der Waals surface area contributed by atoms with Crippen LogP contribution in [0.1, 0.15) is 51.5 Å². The second-order valence-corrected chi connectivity index (χ2v) is 9.44. The molecule has 178 valence electrons. The number of piperidine rings is 1. The second kappa shape index (κ2) is 13.2. The third-order valence-corrected chi connectivity index (χ3v) is 6.62. The third-order valence-electron chi connectivity index (χ3n) is 5.70. The molecule has 2 heterocycles. The highest BCUT2D eigenvalue weighted by atomic mass is 32.2. The Bertz CT molecular complexity index is 889. The van der Waals surface area contributed by atoms with Crippen molar-refractivity contribution in [2.45, 2.75) is 57.4 Å². The van der Waals surface area contributed by atoms with Gasteiger partial charge in [0.25, 0.3) is 0 Å². The van der Waals surface area contributed by atoms with E-state index < -0.39 is 0 Å². The van der Waals surface area contributed by atoms with Crippen LogP contribution >= 0.6 is 11.8 Å². The van der Waals surface area contributed by atoms with E-state index in [2.05, 4.69) is 51.7 Å². The topological polar surface area (TPSA) is 87.2 Å². The number of unbranched alkanes of at least 4 members (excludes halogenated alkanes) is 1. The minimum absolute atomic E-state index is 0.00874. The van der Waals surface area contributed by atoms with Gasteiger partial charge in [0.05, 0.1) is 11.7 Å². The molecule has 0 aliphatic carbocycles. The molecule has 0 radical (unpaired) electrons. The van der Waals surface area contributed by atoms with Crippen molar-refractivity contribution in [3.63, 3.8) is 0 Å². The number of rotatable bonds is 11. The molecule has 8 heteroatoms. The zero-order valence-corrected chi connectivity index (χ0v) is 20.5. The number of aryl methyl sites for hydroxylation is 1. The average molecular weight is 470 g/mol. The van der Waals surface area contributed by atoms with Crippen molar-refractivity contribution in [1.29, 1.82) is 0 Å². The number of aromatic nitrogens is 2. The Morgan fingerprint density at radius 1 is 1.09 bits per heavy atom. The molecule has 2 amide bonds. The van der Waals surface area contributed by atoms with Crippen LogP contribution in [-0.2, 0) is 16.0 Å². The summed E-state index contributed by atoms with van der Waals surface area (Å²) in [6.45, 7) is 6.49. The number of amides is 2. The van der Waals surface area contributed by atoms with Crippen LogP contribution in [0.5, 0.6) is 0 Å². The van der Waals surface area contributed by atoms with Gasteiger partial charge in [-0.3, -0.25) is 9.59 Å². The van der Waals surface area contributed by atoms with Crippen molar-refractivity contribution in [2.24, 2.45) is 5.92 Å². The maximum atomic E-state index is 12.3. The van der Waals surface area contributed by atoms with Gasteiger partial charge in [0.15, 0.2) is 5.82 Å². The summed E-state index contributed by atoms with van der Waals surface area (Å²) in [6.07, 6.45) is 6.23. The fraction of sp³-hybridized carbons (Fsp3) is 0.520. The first kappa shape index (κ1) is 25.0. The highest BCUT2D eigenvalue weighted by Crippen LogP contribution is 2.23. The monoisotopic (exact) mass is 469 g/mol. The minimum atomic E-state index is -0.0656. The molecular formula is C25H35N5O2S. The van der Waals surface area contributed by atoms with Crippen LogP contribution in [0, 0.1) is 5.92 Å². The summed E-state index contributed by atoms with van der Waals surface area (Å²) in [5.74, 6) is 1.10. The smallest absolute Gasteiger partial charge is 0.234 e. The van der Waals surface area contributed by atoms with E-state index in [0.29, 0.717) is 11.6 Å². The van der Waals surface area contributed by atoms with Crippen molar-refractivity contribution in [3.8, 4) is 0 Å². The SMILES string of the molecule is CCCCc1ccc(NC(=O)CSc2ccc(N3CCC[C@@H](C(=O)NCCC)C3)nn2)cc1. The largest absolute Gasteiger partial charge is 0.356 e. The molecule has 3 rings (SSSR count). The van der Waals surface area contributed by atoms with E-state index in [1.165, 1.54) is 30.2 Å². The molecular weight excluding hydrogens is 434 g/mol. The first-order valence-corrected chi connectivity index (χ1v) is 13.0. The predicted octanol–water partition coefficient (Wildman–Crippen LogP) is 4.29. The highest BCUT2D eigenvalue weighted by Gasteiger charge is 2.26. The molecule has 1 aromatic carbocycles. The lowest BCUT2D eigenvalue weighted by atomic mass is 9.97. The summed E-state index contributed by atoms with van der Waals surface area (Å²) in [7, 11) is 0. The second-order valence-electron chi connectivity index (χ2n) is 8.44. The molecule has 1 aromatic heterocycles. The minimum Gasteiger partial charge on any atom is -0.356 e. The van der Waals surface area contributed by atoms with Gasteiger partial charge in [0.1, 0.15) is 5.03 Å². The number of hydrogen-bond acceptors (Lipinski definition) is 6. The lowest BCUT2D eigenvalue weighted by Crippen LogP contribution is -2.43. The maximum Gasteiger partial charge on any atom is 0.234 e. The molecule has 1 atom stereocenters. The Kier molecular flexibility index (Phi) is 10.00. The van der Waals surface area contributed by atoms with E-state index in [1.807, 2.05) is 24.3 Å². The summed E-state index contributed by atoms with van der Waals surface area (Å²) in [5, 5.41) is 15.3. The number of nitrogens with zero attached hydrogens (tertiary/aromatic N) is 3. The molecule has 2 aromatic rings. The van der Waals surface area contributed by atoms with Crippen molar-refractivity contribution < 1.29 is 9.59 Å². The van der Waals surface area contributed by atoms with Crippen LogP contribution in [0.25, 0.3) is 0 Å². The van der Waals surface area contributed by atoms with Gasteiger partial charge in [0, 0.05) is 25.3 Å². The summed E-state index contributed by atoms with van der Waals surface area (Å²) < 4.78 is 0. The lowest BCUT2D eigenvalue weighted by molar-refractivity contribution is -0.125. The third kappa shape index (κ3) is 8.03. The van der Waals surface area contributed by atoms with Crippen molar-refractivity contribution in [2.75, 3.05) is 35.6 Å². The summed E-state index contributed by atoms with van der Waals surface area (Å²) in [5.41, 5.74) is 2.10. The van der Waals surface area contributed by atoms with Gasteiger partial charge in [-0.2, -0.15) is 0 Å². The van der Waals surface area contributed by atoms with Gasteiger partial charge in [-0.05, 0) is 61.9 Å². The molecule has 0 spiro atoms. The highest BCUT2D eigenvalue weighted by molar-refractivity contribution is 7.99. The fourth-order valence-electron chi connectivity index (χ4n) is 3.82. The molecule has 1 fully saturated rings. The van der Waals surface area contributed by atoms with Crippen LogP contribution in [0.4, 0.5) is 11.5 Å². The van der Waals surface area contributed by atoms with Gasteiger partial charge in [0.2, 0.25) is 11.8 Å². The van der Waals surface area contributed by atoms with Gasteiger partial charge in [-0.15, -0.1) is 10.2 Å². The molecule has 1 saturated heterocycles. The summed E-state index contributed by atoms with van der Waals surface area (Å²) >= 11 is 1.36. The molecule has 1 aliphatic rings. The molecule has 2 N–H and O–H groups in total. The Hall–Kier alpha value is -2.61. The van der Waals surface area contributed by atoms with Crippen LogP contribution in [0.2, 0.25) is 0 Å². The van der Waals surface area contributed by atoms with Crippen LogP contribution in [0.3, 0.4) is 0 Å². The van der Waals surface area contributed by atoms with Crippen molar-refractivity contribution in [3.05, 3.63) is 42.0 Å². The number of nitrogens with one attached hydrogen (secondary N) is 2. The van der Waals surface area contributed by atoms with Crippen LogP contribution in [0.15, 0.2) is 41.4 Å². The molecule has 0 unspecified atom stereocenters. The standard InChI is InChI=1S/C25H35N5O2S/c1-3-5-7-19-9-11-21(12-10-19)27-23(31)18-33-24-14-13-22(28-29-24)30-16-6-8-20(17-30)25(32)26-15-4-2/h9-14,20H,3-8,15-18H2,1-2H3,(H,26,32)(H,27,31)/t20-/m1/s1. The van der Waals surface area contributed by atoms with Gasteiger partial charge in [-0.25, -0.2) is 0 Å². The fourth-order valence-corrected chi connectivity index (χ4v) is 4.44. The lowest BCUT2D eigenvalue weighted by Gasteiger charge is -2.32. The molecule has 7 nitrogen and oxygen atoms in total. The first-order valence-electron chi connectivity index (χ1n) is 12.0. The normalized spacial score (nSPS) is 15.8. The number of hydrogen-bond donors (Lipinski definition) is 2. The summed E-state index contributed by atoms with van der Waals surface area (Å²) in [6, 6.07) is 11.9. The summed E-state index contributed by atoms with van der Waals surface area (Å²) in [4.78, 5) is 26.7. The van der Waals surface area contributed by atoms with E-state index in [9.17, 15) is 9.59 Å². The van der Waals surface area contributed by atoms with Crippen LogP contribution in [-0.4, -0.2) is 47.4 Å². The van der Waals surface area contributed by atoms with E-state index in [0.717, 1.165) is 50.3 Å². The first-order chi connectivity index (χ1) is 16.1. The maximum absolute atomic E-state index is 12.3. The quantitative estimate of drug-likeness (QED) is 0.477. The Morgan fingerprint density at radius 3 is 2.61 bits per heavy atom. The zero-order valence-electron chi connectivity index (χ0n) is 19.7. The molecule has 0 bridgehead atoms. The average Bonchev–Trinajstić information content (AvgIpc) is 2.86. The van der Waals surface area contributed by atoms with E-state index in [4.69, 9.17) is 0 Å². The number of thioether (sulfide) groups is 1. The van der Waals surface area contributed by atoms with Crippen molar-refractivity contribution >= 4 is 35.1 Å². The number of benzene rings is 1. The van der Waals surface area contributed by atoms with Crippen LogP contribution < -0.4 is 15.5 Å². The van der Waals surface area contributed by atoms with E-state index in [-0.39, 0.29) is 23.5 Å². The molecule has 0 saturated carbocycles. The van der Waals surface area contributed by atoms with E-state index in [1.54, 1.807) is 0 Å². The van der Waals surface area contributed by atoms with Gasteiger partial charge in [-0.1, -0.05) is 44.2 Å². The number of anilines is 2. The Morgan fingerprint density at radius 2 is 1.91 bits per heavy atom. The van der Waals surface area contributed by atoms with Crippen molar-refractivity contribution in [1.82, 2.24) is 15.5 Å². The Balaban J connectivity index is 1.45. The number of carbonyl (C=O) groups is 2. The zero-order chi connectivity index (χ0) is 23.5. The predicted molar refractivity (Wildman–Crippen MR) is 135 cm³/mol. The Labute approximate surface area is 201 Å².